The molecule has 0 unspecified atom stereocenters. The second-order valence-electron chi connectivity index (χ2n) is 7.54. The van der Waals surface area contributed by atoms with Gasteiger partial charge in [-0.25, -0.2) is 19.0 Å². The van der Waals surface area contributed by atoms with Crippen molar-refractivity contribution in [2.24, 2.45) is 0 Å². The van der Waals surface area contributed by atoms with Crippen LogP contribution in [0.2, 0.25) is 5.02 Å². The zero-order valence-electron chi connectivity index (χ0n) is 18.8. The van der Waals surface area contributed by atoms with Crippen molar-refractivity contribution in [3.8, 4) is 17.0 Å². The Hall–Kier alpha value is -4.52. The Kier molecular flexibility index (Phi) is 6.83. The summed E-state index contributed by atoms with van der Waals surface area (Å²) in [5.41, 5.74) is 0.0560. The third-order valence-electron chi connectivity index (χ3n) is 4.75. The smallest absolute Gasteiger partial charge is 0.387 e. The second kappa shape index (κ2) is 10.00. The summed E-state index contributed by atoms with van der Waals surface area (Å²) in [5.74, 6) is -2.24. The molecule has 4 aromatic rings. The van der Waals surface area contributed by atoms with E-state index in [9.17, 15) is 23.5 Å². The van der Waals surface area contributed by atoms with Crippen molar-refractivity contribution < 1.29 is 28.2 Å². The largest absolute Gasteiger partial charge is 0.476 e. The zero-order chi connectivity index (χ0) is 26.0. The minimum Gasteiger partial charge on any atom is -0.476 e. The maximum atomic E-state index is 13.1. The van der Waals surface area contributed by atoms with Gasteiger partial charge in [0.15, 0.2) is 11.3 Å². The van der Waals surface area contributed by atoms with Crippen LogP contribution in [-0.4, -0.2) is 67.0 Å². The van der Waals surface area contributed by atoms with E-state index in [0.29, 0.717) is 0 Å². The summed E-state index contributed by atoms with van der Waals surface area (Å²) in [5, 5.41) is 20.9. The highest BCUT2D eigenvalue weighted by Gasteiger charge is 2.24. The van der Waals surface area contributed by atoms with Gasteiger partial charge in [-0.2, -0.15) is 19.0 Å². The number of alkyl halides is 2. The number of carbonyl (C=O) groups excluding carboxylic acids is 1. The second-order valence-corrected chi connectivity index (χ2v) is 7.97. The van der Waals surface area contributed by atoms with Crippen LogP contribution < -0.4 is 10.1 Å². The molecular formula is C22H18ClF2N7O4. The number of aliphatic carboxylic acids is 1. The van der Waals surface area contributed by atoms with Crippen LogP contribution in [0.15, 0.2) is 55.3 Å². The van der Waals surface area contributed by atoms with Gasteiger partial charge in [0.25, 0.3) is 5.91 Å². The van der Waals surface area contributed by atoms with Gasteiger partial charge in [0.2, 0.25) is 0 Å². The van der Waals surface area contributed by atoms with E-state index in [0.717, 1.165) is 4.68 Å². The molecule has 11 nitrogen and oxygen atoms in total. The molecular weight excluding hydrogens is 500 g/mol. The lowest BCUT2D eigenvalue weighted by Crippen LogP contribution is -2.14. The molecule has 0 aliphatic rings. The van der Waals surface area contributed by atoms with Gasteiger partial charge >= 0.3 is 12.6 Å². The number of anilines is 1. The number of hydrogen-bond acceptors (Lipinski definition) is 7. The zero-order valence-corrected chi connectivity index (χ0v) is 19.5. The molecule has 0 fully saturated rings. The number of nitrogens with zero attached hydrogens (tertiary/aromatic N) is 6. The minimum absolute atomic E-state index is 0.00238. The number of amides is 1. The Morgan fingerprint density at radius 3 is 2.78 bits per heavy atom. The predicted octanol–water partition coefficient (Wildman–Crippen LogP) is 3.54. The highest BCUT2D eigenvalue weighted by Crippen LogP contribution is 2.37. The number of benzene rings is 1. The van der Waals surface area contributed by atoms with E-state index in [1.54, 1.807) is 26.4 Å². The number of carbonyl (C=O) groups is 2. The first-order chi connectivity index (χ1) is 17.1. The summed E-state index contributed by atoms with van der Waals surface area (Å²) >= 11 is 6.10. The van der Waals surface area contributed by atoms with Crippen LogP contribution in [0.3, 0.4) is 0 Å². The van der Waals surface area contributed by atoms with E-state index in [2.05, 4.69) is 25.2 Å². The molecule has 1 amide bonds. The van der Waals surface area contributed by atoms with Crippen LogP contribution in [0, 0.1) is 0 Å². The molecule has 0 aliphatic heterocycles. The van der Waals surface area contributed by atoms with Gasteiger partial charge in [-0.15, -0.1) is 0 Å². The maximum absolute atomic E-state index is 13.1. The van der Waals surface area contributed by atoms with E-state index < -0.39 is 18.5 Å². The van der Waals surface area contributed by atoms with Crippen molar-refractivity contribution in [2.45, 2.75) is 6.61 Å². The summed E-state index contributed by atoms with van der Waals surface area (Å²) < 4.78 is 33.2. The predicted molar refractivity (Wildman–Crippen MR) is 126 cm³/mol. The first-order valence-corrected chi connectivity index (χ1v) is 10.6. The highest BCUT2D eigenvalue weighted by molar-refractivity contribution is 6.31. The van der Waals surface area contributed by atoms with Crippen LogP contribution in [-0.2, 0) is 4.79 Å². The van der Waals surface area contributed by atoms with Gasteiger partial charge in [0.1, 0.15) is 17.0 Å². The molecule has 0 saturated heterocycles. The van der Waals surface area contributed by atoms with Crippen molar-refractivity contribution in [2.75, 3.05) is 19.4 Å². The molecule has 4 rings (SSSR count). The number of rotatable bonds is 8. The third-order valence-corrected chi connectivity index (χ3v) is 4.98. The van der Waals surface area contributed by atoms with Crippen LogP contribution in [0.5, 0.6) is 5.75 Å². The fourth-order valence-corrected chi connectivity index (χ4v) is 3.48. The number of halogens is 3. The van der Waals surface area contributed by atoms with Gasteiger partial charge in [0.05, 0.1) is 18.1 Å². The SMILES string of the molecule is CN(C)/C=C(\C(=O)O)n1cc(NC(=O)c2cnn3cccnc23)c(-c2cc(Cl)ccc2OC(F)F)n1. The third kappa shape index (κ3) is 5.10. The average Bonchev–Trinajstić information content (AvgIpc) is 3.42. The Morgan fingerprint density at radius 1 is 1.31 bits per heavy atom. The van der Waals surface area contributed by atoms with Crippen LogP contribution in [0.1, 0.15) is 10.4 Å². The van der Waals surface area contributed by atoms with Crippen molar-refractivity contribution in [1.82, 2.24) is 29.3 Å². The maximum Gasteiger partial charge on any atom is 0.387 e. The van der Waals surface area contributed by atoms with E-state index in [4.69, 9.17) is 11.6 Å². The Morgan fingerprint density at radius 2 is 2.08 bits per heavy atom. The van der Waals surface area contributed by atoms with Gasteiger partial charge in [0, 0.05) is 43.3 Å². The number of ether oxygens (including phenoxy) is 1. The summed E-state index contributed by atoms with van der Waals surface area (Å²) in [4.78, 5) is 30.7. The van der Waals surface area contributed by atoms with E-state index in [-0.39, 0.29) is 44.6 Å². The fraction of sp³-hybridized carbons (Fsp3) is 0.136. The minimum atomic E-state index is -3.15. The molecule has 36 heavy (non-hydrogen) atoms. The van der Waals surface area contributed by atoms with Gasteiger partial charge in [-0.05, 0) is 24.3 Å². The Labute approximate surface area is 207 Å². The molecule has 1 aromatic carbocycles. The van der Waals surface area contributed by atoms with Gasteiger partial charge in [-0.1, -0.05) is 11.6 Å². The van der Waals surface area contributed by atoms with Crippen LogP contribution >= 0.6 is 11.6 Å². The van der Waals surface area contributed by atoms with Gasteiger partial charge < -0.3 is 20.1 Å². The number of carboxylic acids is 1. The first kappa shape index (κ1) is 24.6. The van der Waals surface area contributed by atoms with Crippen LogP contribution in [0.4, 0.5) is 14.5 Å². The first-order valence-electron chi connectivity index (χ1n) is 10.2. The number of fused-ring (bicyclic) bond motifs is 1. The number of aromatic nitrogens is 5. The molecule has 3 aromatic heterocycles. The molecule has 0 atom stereocenters. The normalized spacial score (nSPS) is 11.7. The molecule has 0 bridgehead atoms. The standard InChI is InChI=1S/C22H18ClF2N7O4/c1-30(2)11-16(21(34)35)32-10-15(28-20(33)14-9-27-31-7-3-6-26-19(14)31)18(29-32)13-8-12(23)4-5-17(13)36-22(24)25/h3-11,22H,1-2H3,(H,28,33)(H,34,35)/b16-11+. The van der Waals surface area contributed by atoms with Crippen molar-refractivity contribution in [3.63, 3.8) is 0 Å². The summed E-state index contributed by atoms with van der Waals surface area (Å²) in [6.45, 7) is -3.15. The van der Waals surface area contributed by atoms with E-state index in [1.165, 1.54) is 52.4 Å². The highest BCUT2D eigenvalue weighted by atomic mass is 35.5. The summed E-state index contributed by atoms with van der Waals surface area (Å²) in [6, 6.07) is 5.52. The lowest BCUT2D eigenvalue weighted by atomic mass is 10.1. The number of carboxylic acid groups (broad SMARTS) is 1. The Bertz CT molecular complexity index is 1480. The monoisotopic (exact) mass is 517 g/mol. The number of hydrogen-bond donors (Lipinski definition) is 2. The summed E-state index contributed by atoms with van der Waals surface area (Å²) in [6.07, 6.45) is 6.93. The quantitative estimate of drug-likeness (QED) is 0.340. The molecule has 2 N–H and O–H groups in total. The van der Waals surface area contributed by atoms with Crippen molar-refractivity contribution in [3.05, 3.63) is 65.8 Å². The molecule has 0 spiro atoms. The molecule has 0 saturated carbocycles. The van der Waals surface area contributed by atoms with E-state index in [1.807, 2.05) is 0 Å². The molecule has 0 aliphatic carbocycles. The average molecular weight is 518 g/mol. The van der Waals surface area contributed by atoms with Crippen molar-refractivity contribution >= 4 is 40.5 Å². The molecule has 3 heterocycles. The summed E-state index contributed by atoms with van der Waals surface area (Å²) in [7, 11) is 3.22. The van der Waals surface area contributed by atoms with Crippen LogP contribution in [0.25, 0.3) is 22.6 Å². The van der Waals surface area contributed by atoms with Crippen molar-refractivity contribution in [1.29, 1.82) is 0 Å². The number of nitrogens with one attached hydrogen (secondary N) is 1. The topological polar surface area (TPSA) is 127 Å². The molecule has 186 valence electrons. The lowest BCUT2D eigenvalue weighted by Gasteiger charge is -2.11. The molecule has 0 radical (unpaired) electrons. The van der Waals surface area contributed by atoms with E-state index >= 15 is 0 Å². The lowest BCUT2D eigenvalue weighted by molar-refractivity contribution is -0.130. The molecule has 14 heteroatoms. The Balaban J connectivity index is 1.86. The van der Waals surface area contributed by atoms with Gasteiger partial charge in [-0.3, -0.25) is 4.79 Å². The fourth-order valence-electron chi connectivity index (χ4n) is 3.31.